The first-order valence-corrected chi connectivity index (χ1v) is 11.3. The number of aromatic nitrogens is 2. The molecule has 2 aliphatic rings. The van der Waals surface area contributed by atoms with Gasteiger partial charge in [-0.15, -0.1) is 0 Å². The maximum Gasteiger partial charge on any atom is 0.261 e. The van der Waals surface area contributed by atoms with Crippen molar-refractivity contribution < 1.29 is 9.59 Å². The summed E-state index contributed by atoms with van der Waals surface area (Å²) in [5.41, 5.74) is 8.30. The predicted octanol–water partition coefficient (Wildman–Crippen LogP) is 2.12. The van der Waals surface area contributed by atoms with Gasteiger partial charge < -0.3 is 10.6 Å². The van der Waals surface area contributed by atoms with Gasteiger partial charge in [0.25, 0.3) is 5.91 Å². The van der Waals surface area contributed by atoms with Crippen LogP contribution in [0.3, 0.4) is 0 Å². The third-order valence-electron chi connectivity index (χ3n) is 6.76. The molecule has 1 aromatic carbocycles. The number of nitrogens with two attached hydrogens (primary N) is 1. The van der Waals surface area contributed by atoms with Gasteiger partial charge in [-0.3, -0.25) is 19.2 Å². The highest BCUT2D eigenvalue weighted by Crippen LogP contribution is 2.34. The van der Waals surface area contributed by atoms with E-state index in [0.717, 1.165) is 55.7 Å². The number of aryl methyl sites for hydroxylation is 1. The van der Waals surface area contributed by atoms with Crippen LogP contribution in [0.4, 0.5) is 0 Å². The second kappa shape index (κ2) is 8.76. The molecule has 2 aliphatic heterocycles. The minimum Gasteiger partial charge on any atom is -0.369 e. The topological polar surface area (TPSA) is 96.8 Å². The fourth-order valence-electron chi connectivity index (χ4n) is 4.75. The fourth-order valence-corrected chi connectivity index (χ4v) is 4.75. The average Bonchev–Trinajstić information content (AvgIpc) is 3.32. The Labute approximate surface area is 189 Å². The van der Waals surface area contributed by atoms with E-state index >= 15 is 0 Å². The molecule has 1 atom stereocenters. The van der Waals surface area contributed by atoms with E-state index < -0.39 is 5.54 Å². The molecule has 1 unspecified atom stereocenters. The minimum atomic E-state index is -1.02. The Morgan fingerprint density at radius 1 is 1.25 bits per heavy atom. The van der Waals surface area contributed by atoms with Crippen molar-refractivity contribution in [1.29, 1.82) is 0 Å². The molecule has 2 N–H and O–H groups in total. The lowest BCUT2D eigenvalue weighted by Gasteiger charge is -2.33. The molecular weight excluding hydrogens is 404 g/mol. The van der Waals surface area contributed by atoms with E-state index in [9.17, 15) is 9.59 Å². The summed E-state index contributed by atoms with van der Waals surface area (Å²) in [6.45, 7) is 8.34. The van der Waals surface area contributed by atoms with Gasteiger partial charge in [-0.2, -0.15) is 5.10 Å². The van der Waals surface area contributed by atoms with Crippen molar-refractivity contribution in [3.63, 3.8) is 0 Å². The first kappa shape index (κ1) is 22.0. The Morgan fingerprint density at radius 2 is 2.00 bits per heavy atom. The largest absolute Gasteiger partial charge is 0.369 e. The zero-order valence-corrected chi connectivity index (χ0v) is 19.1. The third-order valence-corrected chi connectivity index (χ3v) is 6.76. The average molecular weight is 437 g/mol. The summed E-state index contributed by atoms with van der Waals surface area (Å²) >= 11 is 0. The minimum absolute atomic E-state index is 0.0836. The van der Waals surface area contributed by atoms with Gasteiger partial charge in [0.1, 0.15) is 0 Å². The van der Waals surface area contributed by atoms with E-state index in [1.165, 1.54) is 0 Å². The third kappa shape index (κ3) is 4.13. The molecule has 1 fully saturated rings. The van der Waals surface area contributed by atoms with Crippen molar-refractivity contribution in [2.75, 3.05) is 19.6 Å². The highest BCUT2D eigenvalue weighted by Gasteiger charge is 2.46. The van der Waals surface area contributed by atoms with Gasteiger partial charge in [0, 0.05) is 51.4 Å². The van der Waals surface area contributed by atoms with Gasteiger partial charge in [-0.1, -0.05) is 24.3 Å². The van der Waals surface area contributed by atoms with E-state index in [1.54, 1.807) is 11.8 Å². The molecule has 8 heteroatoms. The highest BCUT2D eigenvalue weighted by atomic mass is 16.2. The summed E-state index contributed by atoms with van der Waals surface area (Å²) in [4.78, 5) is 33.2. The first-order valence-electron chi connectivity index (χ1n) is 11.3. The second-order valence-corrected chi connectivity index (χ2v) is 8.92. The molecule has 2 aromatic rings. The number of guanidine groups is 1. The number of likely N-dealkylation sites (tertiary alicyclic amines) is 1. The van der Waals surface area contributed by atoms with Gasteiger partial charge in [0.15, 0.2) is 11.5 Å². The molecule has 32 heavy (non-hydrogen) atoms. The second-order valence-electron chi connectivity index (χ2n) is 8.92. The Morgan fingerprint density at radius 3 is 2.69 bits per heavy atom. The van der Waals surface area contributed by atoms with E-state index in [1.807, 2.05) is 40.9 Å². The Kier molecular flexibility index (Phi) is 6.04. The smallest absolute Gasteiger partial charge is 0.261 e. The van der Waals surface area contributed by atoms with Crippen LogP contribution < -0.4 is 5.73 Å². The number of carbonyl (C=O) groups excluding carboxylic acids is 2. The summed E-state index contributed by atoms with van der Waals surface area (Å²) in [5.74, 6) is 0.614. The number of carbonyl (C=O) groups is 2. The zero-order chi connectivity index (χ0) is 22.9. The molecule has 0 saturated carbocycles. The molecule has 0 bridgehead atoms. The highest BCUT2D eigenvalue weighted by molar-refractivity contribution is 6.07. The predicted molar refractivity (Wildman–Crippen MR) is 123 cm³/mol. The summed E-state index contributed by atoms with van der Waals surface area (Å²) < 4.78 is 1.98. The summed E-state index contributed by atoms with van der Waals surface area (Å²) in [7, 11) is 0. The van der Waals surface area contributed by atoms with Crippen LogP contribution in [-0.4, -0.2) is 57.0 Å². The number of hydrogen-bond donors (Lipinski definition) is 1. The van der Waals surface area contributed by atoms with Crippen molar-refractivity contribution in [2.24, 2.45) is 16.6 Å². The lowest BCUT2D eigenvalue weighted by Crippen LogP contribution is -2.46. The van der Waals surface area contributed by atoms with Crippen LogP contribution in [-0.2, 0) is 28.1 Å². The number of piperidine rings is 1. The quantitative estimate of drug-likeness (QED) is 0.750. The van der Waals surface area contributed by atoms with E-state index in [-0.39, 0.29) is 17.8 Å². The van der Waals surface area contributed by atoms with Crippen molar-refractivity contribution in [1.82, 2.24) is 19.6 Å². The maximum absolute atomic E-state index is 13.5. The van der Waals surface area contributed by atoms with Crippen LogP contribution in [0.2, 0.25) is 0 Å². The summed E-state index contributed by atoms with van der Waals surface area (Å²) in [5, 5.41) is 4.34. The standard InChI is InChI=1S/C24H32N6O2/c1-4-30-21(8-11-26-30)15-19-6-5-7-20(14-19)24(3)22(32)29(23(25)27-24)16-18-9-12-28(13-10-18)17(2)31/h5-8,11,14,18H,4,9-10,12-13,15-16H2,1-3H3,(H2,25,27). The number of nitrogens with zero attached hydrogens (tertiary/aromatic N) is 5. The van der Waals surface area contributed by atoms with Crippen LogP contribution in [0, 0.1) is 5.92 Å². The number of aliphatic imine (C=N–C) groups is 1. The molecule has 0 spiro atoms. The molecule has 4 rings (SSSR count). The number of amides is 2. The van der Waals surface area contributed by atoms with E-state index in [2.05, 4.69) is 29.1 Å². The molecule has 0 aliphatic carbocycles. The molecule has 170 valence electrons. The molecule has 8 nitrogen and oxygen atoms in total. The van der Waals surface area contributed by atoms with Crippen LogP contribution >= 0.6 is 0 Å². The zero-order valence-electron chi connectivity index (χ0n) is 19.1. The summed E-state index contributed by atoms with van der Waals surface area (Å²) in [6, 6.07) is 10.1. The van der Waals surface area contributed by atoms with E-state index in [4.69, 9.17) is 5.73 Å². The monoisotopic (exact) mass is 436 g/mol. The van der Waals surface area contributed by atoms with Gasteiger partial charge in [-0.25, -0.2) is 4.99 Å². The molecule has 1 saturated heterocycles. The molecule has 2 amide bonds. The number of rotatable bonds is 6. The Balaban J connectivity index is 1.48. The van der Waals surface area contributed by atoms with E-state index in [0.29, 0.717) is 12.5 Å². The van der Waals surface area contributed by atoms with Crippen molar-refractivity contribution in [3.8, 4) is 0 Å². The molecular formula is C24H32N6O2. The normalized spacial score (nSPS) is 21.8. The van der Waals surface area contributed by atoms with Crippen molar-refractivity contribution in [3.05, 3.63) is 53.3 Å². The molecule has 0 radical (unpaired) electrons. The van der Waals surface area contributed by atoms with Gasteiger partial charge >= 0.3 is 0 Å². The maximum atomic E-state index is 13.5. The van der Waals surface area contributed by atoms with Gasteiger partial charge in [0.05, 0.1) is 0 Å². The number of benzene rings is 1. The van der Waals surface area contributed by atoms with Crippen molar-refractivity contribution >= 4 is 17.8 Å². The lowest BCUT2D eigenvalue weighted by atomic mass is 9.89. The summed E-state index contributed by atoms with van der Waals surface area (Å²) in [6.07, 6.45) is 4.29. The van der Waals surface area contributed by atoms with Gasteiger partial charge in [-0.05, 0) is 49.8 Å². The van der Waals surface area contributed by atoms with Gasteiger partial charge in [0.2, 0.25) is 5.91 Å². The van der Waals surface area contributed by atoms with Crippen LogP contribution in [0.5, 0.6) is 0 Å². The fraction of sp³-hybridized carbons (Fsp3) is 0.500. The van der Waals surface area contributed by atoms with Crippen LogP contribution in [0.25, 0.3) is 0 Å². The first-order chi connectivity index (χ1) is 15.3. The molecule has 1 aromatic heterocycles. The number of hydrogen-bond acceptors (Lipinski definition) is 5. The Hall–Kier alpha value is -3.16. The lowest BCUT2D eigenvalue weighted by molar-refractivity contribution is -0.133. The molecule has 3 heterocycles. The SMILES string of the molecule is CCn1nccc1Cc1cccc(C2(C)N=C(N)N(CC3CCN(C(C)=O)CC3)C2=O)c1. The van der Waals surface area contributed by atoms with Crippen molar-refractivity contribution in [2.45, 2.75) is 52.1 Å². The van der Waals surface area contributed by atoms with Crippen LogP contribution in [0.1, 0.15) is 50.4 Å². The Bertz CT molecular complexity index is 1040. The van der Waals surface area contributed by atoms with Crippen LogP contribution in [0.15, 0.2) is 41.5 Å².